The Hall–Kier alpha value is -0.910. The summed E-state index contributed by atoms with van der Waals surface area (Å²) in [4.78, 5) is 12.5. The maximum Gasteiger partial charge on any atom is 0.245 e. The van der Waals surface area contributed by atoms with Crippen LogP contribution in [0.5, 0.6) is 0 Å². The van der Waals surface area contributed by atoms with E-state index >= 15 is 0 Å². The van der Waals surface area contributed by atoms with Crippen molar-refractivity contribution in [1.82, 2.24) is 0 Å². The second kappa shape index (κ2) is 3.79. The van der Waals surface area contributed by atoms with Crippen molar-refractivity contribution in [2.45, 2.75) is 31.9 Å². The van der Waals surface area contributed by atoms with E-state index in [-0.39, 0.29) is 23.3 Å². The molecule has 0 radical (unpaired) electrons. The number of nitrogens with one attached hydrogen (secondary N) is 1. The molecular formula is C13H18N2O2S. The first-order chi connectivity index (χ1) is 8.48. The molecule has 0 spiro atoms. The quantitative estimate of drug-likeness (QED) is 0.858. The molecule has 3 N–H and O–H groups in total. The minimum atomic E-state index is -0.823. The Bertz CT molecular complexity index is 471. The zero-order valence-electron chi connectivity index (χ0n) is 10.6. The van der Waals surface area contributed by atoms with Gasteiger partial charge < -0.3 is 15.8 Å². The lowest BCUT2D eigenvalue weighted by Gasteiger charge is -2.60. The van der Waals surface area contributed by atoms with E-state index in [2.05, 4.69) is 5.32 Å². The summed E-state index contributed by atoms with van der Waals surface area (Å²) in [5.74, 6) is 0.0591. The largest absolute Gasteiger partial charge is 0.377 e. The first kappa shape index (κ1) is 12.1. The predicted molar refractivity (Wildman–Crippen MR) is 71.5 cm³/mol. The summed E-state index contributed by atoms with van der Waals surface area (Å²) in [6, 6.07) is 1.89. The van der Waals surface area contributed by atoms with Gasteiger partial charge in [0.2, 0.25) is 5.91 Å². The average molecular weight is 266 g/mol. The van der Waals surface area contributed by atoms with Crippen molar-refractivity contribution >= 4 is 22.9 Å². The van der Waals surface area contributed by atoms with E-state index in [1.807, 2.05) is 30.7 Å². The van der Waals surface area contributed by atoms with Crippen LogP contribution >= 0.6 is 11.3 Å². The van der Waals surface area contributed by atoms with E-state index in [9.17, 15) is 4.79 Å². The topological polar surface area (TPSA) is 64.3 Å². The molecule has 1 aromatic rings. The van der Waals surface area contributed by atoms with E-state index in [0.29, 0.717) is 6.61 Å². The van der Waals surface area contributed by atoms with E-state index in [4.69, 9.17) is 10.5 Å². The molecule has 18 heavy (non-hydrogen) atoms. The number of anilines is 1. The van der Waals surface area contributed by atoms with Crippen LogP contribution in [-0.2, 0) is 9.53 Å². The number of hydrogen-bond donors (Lipinski definition) is 2. The van der Waals surface area contributed by atoms with Crippen LogP contribution in [-0.4, -0.2) is 24.2 Å². The lowest BCUT2D eigenvalue weighted by atomic mass is 9.48. The Morgan fingerprint density at radius 3 is 3.06 bits per heavy atom. The molecule has 0 bridgehead atoms. The number of hydrogen-bond acceptors (Lipinski definition) is 4. The first-order valence-corrected chi connectivity index (χ1v) is 7.16. The third-order valence-corrected chi connectivity index (χ3v) is 5.29. The van der Waals surface area contributed by atoms with Gasteiger partial charge >= 0.3 is 0 Å². The summed E-state index contributed by atoms with van der Waals surface area (Å²) in [7, 11) is 0. The Kier molecular flexibility index (Phi) is 2.56. The highest BCUT2D eigenvalue weighted by molar-refractivity contribution is 7.08. The van der Waals surface area contributed by atoms with Crippen molar-refractivity contribution in [3.63, 3.8) is 0 Å². The Morgan fingerprint density at radius 2 is 2.39 bits per heavy atom. The maximum absolute atomic E-state index is 12.5. The first-order valence-electron chi connectivity index (χ1n) is 6.22. The van der Waals surface area contributed by atoms with Gasteiger partial charge in [0.05, 0.1) is 11.8 Å². The predicted octanol–water partition coefficient (Wildman–Crippen LogP) is 1.83. The third-order valence-electron chi connectivity index (χ3n) is 4.61. The van der Waals surface area contributed by atoms with Crippen LogP contribution in [0.15, 0.2) is 16.8 Å². The molecule has 1 aromatic heterocycles. The molecule has 2 fully saturated rings. The summed E-state index contributed by atoms with van der Waals surface area (Å²) < 4.78 is 5.69. The highest BCUT2D eigenvalue weighted by atomic mass is 32.1. The van der Waals surface area contributed by atoms with Crippen molar-refractivity contribution in [3.05, 3.63) is 16.8 Å². The second-order valence-electron chi connectivity index (χ2n) is 5.74. The molecule has 3 unspecified atom stereocenters. The SMILES string of the molecule is CC1(C)C2OCCC2C1(N)C(=O)Nc1ccsc1. The summed E-state index contributed by atoms with van der Waals surface area (Å²) >= 11 is 1.56. The van der Waals surface area contributed by atoms with Crippen LogP contribution in [0.2, 0.25) is 0 Å². The lowest BCUT2D eigenvalue weighted by Crippen LogP contribution is -2.79. The molecular weight excluding hydrogens is 248 g/mol. The van der Waals surface area contributed by atoms with Crippen molar-refractivity contribution in [1.29, 1.82) is 0 Å². The molecule has 1 amide bonds. The number of fused-ring (bicyclic) bond motifs is 1. The molecule has 98 valence electrons. The molecule has 1 saturated heterocycles. The van der Waals surface area contributed by atoms with E-state index in [0.717, 1.165) is 12.1 Å². The summed E-state index contributed by atoms with van der Waals surface area (Å²) in [5.41, 5.74) is 6.13. The fraction of sp³-hybridized carbons (Fsp3) is 0.615. The van der Waals surface area contributed by atoms with Crippen molar-refractivity contribution < 1.29 is 9.53 Å². The number of carbonyl (C=O) groups is 1. The van der Waals surface area contributed by atoms with Crippen LogP contribution in [0.3, 0.4) is 0 Å². The minimum Gasteiger partial charge on any atom is -0.377 e. The van der Waals surface area contributed by atoms with Gasteiger partial charge in [-0.15, -0.1) is 0 Å². The van der Waals surface area contributed by atoms with Crippen molar-refractivity contribution in [3.8, 4) is 0 Å². The van der Waals surface area contributed by atoms with Gasteiger partial charge in [0.1, 0.15) is 5.54 Å². The van der Waals surface area contributed by atoms with E-state index in [1.54, 1.807) is 11.3 Å². The molecule has 1 saturated carbocycles. The van der Waals surface area contributed by atoms with Gasteiger partial charge in [-0.3, -0.25) is 4.79 Å². The second-order valence-corrected chi connectivity index (χ2v) is 6.52. The lowest BCUT2D eigenvalue weighted by molar-refractivity contribution is -0.170. The Morgan fingerprint density at radius 1 is 1.61 bits per heavy atom. The molecule has 1 aliphatic carbocycles. The van der Waals surface area contributed by atoms with Crippen LogP contribution in [0.4, 0.5) is 5.69 Å². The molecule has 0 aromatic carbocycles. The van der Waals surface area contributed by atoms with Gasteiger partial charge in [-0.1, -0.05) is 13.8 Å². The maximum atomic E-state index is 12.5. The molecule has 2 heterocycles. The number of ether oxygens (including phenoxy) is 1. The van der Waals surface area contributed by atoms with Crippen molar-refractivity contribution in [2.24, 2.45) is 17.1 Å². The normalized spacial score (nSPS) is 36.8. The van der Waals surface area contributed by atoms with Crippen LogP contribution in [0.1, 0.15) is 20.3 Å². The van der Waals surface area contributed by atoms with Crippen LogP contribution < -0.4 is 11.1 Å². The smallest absolute Gasteiger partial charge is 0.245 e. The van der Waals surface area contributed by atoms with Gasteiger partial charge in [0, 0.05) is 23.3 Å². The summed E-state index contributed by atoms with van der Waals surface area (Å²) in [5, 5.41) is 6.77. The minimum absolute atomic E-state index is 0.0855. The highest BCUT2D eigenvalue weighted by Gasteiger charge is 2.71. The fourth-order valence-electron chi connectivity index (χ4n) is 3.42. The number of amides is 1. The molecule has 5 heteroatoms. The number of carbonyl (C=O) groups excluding carboxylic acids is 1. The summed E-state index contributed by atoms with van der Waals surface area (Å²) in [6.07, 6.45) is 0.998. The summed E-state index contributed by atoms with van der Waals surface area (Å²) in [6.45, 7) is 4.75. The van der Waals surface area contributed by atoms with Gasteiger partial charge in [0.25, 0.3) is 0 Å². The van der Waals surface area contributed by atoms with E-state index < -0.39 is 5.54 Å². The zero-order chi connectivity index (χ0) is 13.0. The molecule has 2 aliphatic rings. The van der Waals surface area contributed by atoms with Gasteiger partial charge in [-0.05, 0) is 17.9 Å². The van der Waals surface area contributed by atoms with Gasteiger partial charge in [-0.2, -0.15) is 11.3 Å². The number of thiophene rings is 1. The zero-order valence-corrected chi connectivity index (χ0v) is 11.4. The standard InChI is InChI=1S/C13H18N2O2S/c1-12(2)10-9(3-5-17-10)13(12,14)11(16)15-8-4-6-18-7-8/h4,6-7,9-10H,3,5,14H2,1-2H3,(H,15,16). The molecule has 4 nitrogen and oxygen atoms in total. The molecule has 3 rings (SSSR count). The molecule has 1 aliphatic heterocycles. The fourth-order valence-corrected chi connectivity index (χ4v) is 4.00. The monoisotopic (exact) mass is 266 g/mol. The van der Waals surface area contributed by atoms with Gasteiger partial charge in [-0.25, -0.2) is 0 Å². The third kappa shape index (κ3) is 1.35. The highest BCUT2D eigenvalue weighted by Crippen LogP contribution is 2.58. The Labute approximate surface area is 111 Å². The average Bonchev–Trinajstić information content (AvgIpc) is 2.97. The number of rotatable bonds is 2. The van der Waals surface area contributed by atoms with Crippen LogP contribution in [0.25, 0.3) is 0 Å². The van der Waals surface area contributed by atoms with Crippen molar-refractivity contribution in [2.75, 3.05) is 11.9 Å². The Balaban J connectivity index is 1.84. The van der Waals surface area contributed by atoms with E-state index in [1.165, 1.54) is 0 Å². The number of nitrogens with two attached hydrogens (primary N) is 1. The molecule has 3 atom stereocenters. The van der Waals surface area contributed by atoms with Crippen LogP contribution in [0, 0.1) is 11.3 Å². The van der Waals surface area contributed by atoms with Gasteiger partial charge in [0.15, 0.2) is 0 Å².